The van der Waals surface area contributed by atoms with Crippen molar-refractivity contribution in [1.29, 1.82) is 0 Å². The van der Waals surface area contributed by atoms with Crippen LogP contribution in [0.15, 0.2) is 30.5 Å². The molecule has 0 fully saturated rings. The van der Waals surface area contributed by atoms with Gasteiger partial charge in [0.25, 0.3) is 0 Å². The van der Waals surface area contributed by atoms with E-state index in [9.17, 15) is 21.9 Å². The minimum absolute atomic E-state index is 0.0849. The van der Waals surface area contributed by atoms with Crippen LogP contribution >= 0.6 is 23.2 Å². The molecule has 1 aliphatic heterocycles. The largest absolute Gasteiger partial charge is 0.504 e. The Morgan fingerprint density at radius 3 is 2.40 bits per heavy atom. The molecule has 2 heterocycles. The van der Waals surface area contributed by atoms with Crippen molar-refractivity contribution in [1.82, 2.24) is 9.29 Å². The van der Waals surface area contributed by atoms with Crippen LogP contribution in [0.3, 0.4) is 0 Å². The standard InChI is InChI=1S/C18H18Cl2N2O6S2/c1-18(2)11-6-5-9-21-14(11)15(23)17(29(18,24)25)10-7-8-12(19)16(13(10)20)28-30(26,27)22(3)4/h5-9,23H,1-4H3. The number of halogens is 2. The summed E-state index contributed by atoms with van der Waals surface area (Å²) in [5.41, 5.74) is 0.247. The summed E-state index contributed by atoms with van der Waals surface area (Å²) in [7, 11) is -5.93. The third-order valence-electron chi connectivity index (χ3n) is 4.77. The van der Waals surface area contributed by atoms with E-state index in [2.05, 4.69) is 4.98 Å². The topological polar surface area (TPSA) is 114 Å². The lowest BCUT2D eigenvalue weighted by atomic mass is 9.98. The molecule has 1 aliphatic rings. The van der Waals surface area contributed by atoms with E-state index < -0.39 is 41.3 Å². The molecule has 0 radical (unpaired) electrons. The molecule has 1 aromatic heterocycles. The molecular formula is C18H18Cl2N2O6S2. The van der Waals surface area contributed by atoms with Crippen molar-refractivity contribution in [3.63, 3.8) is 0 Å². The molecule has 3 rings (SSSR count). The monoisotopic (exact) mass is 492 g/mol. The molecule has 0 saturated carbocycles. The van der Waals surface area contributed by atoms with Gasteiger partial charge in [-0.25, -0.2) is 8.42 Å². The SMILES string of the molecule is CN(C)S(=O)(=O)Oc1c(Cl)ccc(C2=C(O)c3ncccc3C(C)(C)S2(=O)=O)c1Cl. The number of aliphatic hydroxyl groups is 1. The third kappa shape index (κ3) is 3.36. The second kappa shape index (κ2) is 7.38. The van der Waals surface area contributed by atoms with E-state index in [0.29, 0.717) is 5.56 Å². The van der Waals surface area contributed by atoms with Crippen molar-refractivity contribution in [2.24, 2.45) is 0 Å². The number of pyridine rings is 1. The lowest BCUT2D eigenvalue weighted by molar-refractivity contribution is 0.421. The number of rotatable bonds is 4. The Hall–Kier alpha value is -1.85. The highest BCUT2D eigenvalue weighted by atomic mass is 35.5. The quantitative estimate of drug-likeness (QED) is 0.692. The summed E-state index contributed by atoms with van der Waals surface area (Å²) in [5.74, 6) is -1.06. The highest BCUT2D eigenvalue weighted by Gasteiger charge is 2.48. The van der Waals surface area contributed by atoms with Crippen LogP contribution in [0.25, 0.3) is 10.7 Å². The normalized spacial score (nSPS) is 17.7. The third-order valence-corrected chi connectivity index (χ3v) is 9.22. The van der Waals surface area contributed by atoms with Gasteiger partial charge in [-0.3, -0.25) is 4.98 Å². The second-order valence-electron chi connectivity index (χ2n) is 7.15. The van der Waals surface area contributed by atoms with E-state index in [0.717, 1.165) is 4.31 Å². The van der Waals surface area contributed by atoms with Gasteiger partial charge in [0.05, 0.1) is 14.8 Å². The van der Waals surface area contributed by atoms with Gasteiger partial charge >= 0.3 is 10.3 Å². The molecule has 0 aliphatic carbocycles. The van der Waals surface area contributed by atoms with Gasteiger partial charge in [0.15, 0.2) is 21.3 Å². The average molecular weight is 493 g/mol. The molecule has 2 aromatic rings. The van der Waals surface area contributed by atoms with Crippen molar-refractivity contribution in [3.8, 4) is 5.75 Å². The maximum atomic E-state index is 13.4. The molecule has 1 N–H and O–H groups in total. The molecule has 0 amide bonds. The molecule has 0 spiro atoms. The molecule has 8 nitrogen and oxygen atoms in total. The zero-order valence-corrected chi connectivity index (χ0v) is 19.5. The van der Waals surface area contributed by atoms with Crippen LogP contribution < -0.4 is 4.18 Å². The van der Waals surface area contributed by atoms with Gasteiger partial charge in [0, 0.05) is 31.4 Å². The van der Waals surface area contributed by atoms with Crippen molar-refractivity contribution in [3.05, 3.63) is 57.3 Å². The number of sulfone groups is 1. The molecule has 0 atom stereocenters. The van der Waals surface area contributed by atoms with Gasteiger partial charge in [-0.05, 0) is 26.0 Å². The molecule has 0 bridgehead atoms. The van der Waals surface area contributed by atoms with E-state index in [-0.39, 0.29) is 21.3 Å². The zero-order chi connectivity index (χ0) is 22.6. The fourth-order valence-corrected chi connectivity index (χ4v) is 5.95. The molecule has 0 unspecified atom stereocenters. The maximum absolute atomic E-state index is 13.4. The number of nitrogens with zero attached hydrogens (tertiary/aromatic N) is 2. The van der Waals surface area contributed by atoms with E-state index in [1.165, 1.54) is 46.3 Å². The first-order valence-corrected chi connectivity index (χ1v) is 12.1. The van der Waals surface area contributed by atoms with Gasteiger partial charge in [0.1, 0.15) is 10.6 Å². The highest BCUT2D eigenvalue weighted by molar-refractivity contribution is 8.01. The summed E-state index contributed by atoms with van der Waals surface area (Å²) >= 11 is 12.4. The summed E-state index contributed by atoms with van der Waals surface area (Å²) in [6.45, 7) is 2.96. The fourth-order valence-electron chi connectivity index (χ4n) is 2.95. The summed E-state index contributed by atoms with van der Waals surface area (Å²) < 4.78 is 55.5. The lowest BCUT2D eigenvalue weighted by Crippen LogP contribution is -2.35. The zero-order valence-electron chi connectivity index (χ0n) is 16.3. The molecular weight excluding hydrogens is 475 g/mol. The molecule has 1 aromatic carbocycles. The Balaban J connectivity index is 2.35. The number of hydrogen-bond acceptors (Lipinski definition) is 7. The van der Waals surface area contributed by atoms with Crippen molar-refractivity contribution < 1.29 is 26.1 Å². The van der Waals surface area contributed by atoms with Gasteiger partial charge in [-0.2, -0.15) is 12.7 Å². The summed E-state index contributed by atoms with van der Waals surface area (Å²) in [5, 5.41) is 10.3. The minimum Gasteiger partial charge on any atom is -0.504 e. The number of fused-ring (bicyclic) bond motifs is 1. The Morgan fingerprint density at radius 1 is 1.17 bits per heavy atom. The molecule has 0 saturated heterocycles. The second-order valence-corrected chi connectivity index (χ2v) is 12.1. The number of aliphatic hydroxyl groups excluding tert-OH is 1. The van der Waals surface area contributed by atoms with Crippen LogP contribution in [0.1, 0.15) is 30.7 Å². The first-order valence-electron chi connectivity index (χ1n) is 8.47. The average Bonchev–Trinajstić information content (AvgIpc) is 2.65. The molecule has 12 heteroatoms. The first-order chi connectivity index (χ1) is 13.7. The van der Waals surface area contributed by atoms with Crippen LogP contribution in [-0.4, -0.2) is 45.3 Å². The lowest BCUT2D eigenvalue weighted by Gasteiger charge is -2.33. The van der Waals surface area contributed by atoms with E-state index in [4.69, 9.17) is 27.4 Å². The highest BCUT2D eigenvalue weighted by Crippen LogP contribution is 2.50. The predicted octanol–water partition coefficient (Wildman–Crippen LogP) is 3.62. The Morgan fingerprint density at radius 2 is 1.80 bits per heavy atom. The van der Waals surface area contributed by atoms with E-state index >= 15 is 0 Å². The van der Waals surface area contributed by atoms with Crippen LogP contribution in [-0.2, 0) is 24.9 Å². The first kappa shape index (κ1) is 22.8. The van der Waals surface area contributed by atoms with Crippen molar-refractivity contribution >= 4 is 54.0 Å². The van der Waals surface area contributed by atoms with E-state index in [1.807, 2.05) is 0 Å². The minimum atomic E-state index is -4.23. The summed E-state index contributed by atoms with van der Waals surface area (Å²) in [6, 6.07) is 5.64. The van der Waals surface area contributed by atoms with Crippen LogP contribution in [0.2, 0.25) is 10.0 Å². The van der Waals surface area contributed by atoms with Gasteiger partial charge < -0.3 is 9.29 Å². The fraction of sp³-hybridized carbons (Fsp3) is 0.278. The van der Waals surface area contributed by atoms with Gasteiger partial charge in [-0.15, -0.1) is 0 Å². The predicted molar refractivity (Wildman–Crippen MR) is 115 cm³/mol. The Labute approximate surface area is 184 Å². The summed E-state index contributed by atoms with van der Waals surface area (Å²) in [4.78, 5) is 3.62. The maximum Gasteiger partial charge on any atom is 0.384 e. The van der Waals surface area contributed by atoms with Gasteiger partial charge in [0.2, 0.25) is 0 Å². The van der Waals surface area contributed by atoms with Crippen LogP contribution in [0.4, 0.5) is 0 Å². The Kier molecular flexibility index (Phi) is 5.62. The van der Waals surface area contributed by atoms with Crippen LogP contribution in [0, 0.1) is 0 Å². The van der Waals surface area contributed by atoms with Crippen molar-refractivity contribution in [2.75, 3.05) is 14.1 Å². The van der Waals surface area contributed by atoms with Crippen LogP contribution in [0.5, 0.6) is 5.75 Å². The van der Waals surface area contributed by atoms with Gasteiger partial charge in [-0.1, -0.05) is 35.3 Å². The summed E-state index contributed by atoms with van der Waals surface area (Å²) in [6.07, 6.45) is 1.42. The molecule has 162 valence electrons. The van der Waals surface area contributed by atoms with E-state index in [1.54, 1.807) is 12.1 Å². The molecule has 30 heavy (non-hydrogen) atoms. The Bertz CT molecular complexity index is 1290. The number of aromatic nitrogens is 1. The number of hydrogen-bond donors (Lipinski definition) is 1. The smallest absolute Gasteiger partial charge is 0.384 e. The van der Waals surface area contributed by atoms with Crippen molar-refractivity contribution in [2.45, 2.75) is 18.6 Å². The number of benzene rings is 1.